The summed E-state index contributed by atoms with van der Waals surface area (Å²) >= 11 is 0. The van der Waals surface area contributed by atoms with Crippen molar-refractivity contribution in [1.29, 1.82) is 0 Å². The van der Waals surface area contributed by atoms with E-state index in [4.69, 9.17) is 0 Å². The zero-order valence-electron chi connectivity index (χ0n) is 3.67. The Balaban J connectivity index is 0. The van der Waals surface area contributed by atoms with Gasteiger partial charge in [-0.25, -0.2) is 0 Å². The number of carbonyl (C=O) groups excluding carboxylic acids is 1. The third kappa shape index (κ3) is 8.94. The van der Waals surface area contributed by atoms with Gasteiger partial charge in [-0.05, 0) is 0 Å². The standard InChI is InChI=1S/C3H6O2.Ru/c1-3(4)5-2;/h1-2H3;. The molecule has 0 aliphatic carbocycles. The molecular weight excluding hydrogens is 169 g/mol. The van der Waals surface area contributed by atoms with E-state index < -0.39 is 0 Å². The van der Waals surface area contributed by atoms with Gasteiger partial charge in [-0.3, -0.25) is 4.79 Å². The van der Waals surface area contributed by atoms with Crippen molar-refractivity contribution in [3.05, 3.63) is 0 Å². The predicted octanol–water partition coefficient (Wildman–Crippen LogP) is 0.177. The normalized spacial score (nSPS) is 5.67. The van der Waals surface area contributed by atoms with Crippen LogP contribution >= 0.6 is 0 Å². The largest absolute Gasteiger partial charge is 0.469 e. The Labute approximate surface area is 49.6 Å². The fourth-order valence-corrected chi connectivity index (χ4v) is 0. The fraction of sp³-hybridized carbons (Fsp3) is 0.667. The number of ether oxygens (including phenoxy) is 1. The molecule has 0 radical (unpaired) electrons. The number of rotatable bonds is 0. The average molecular weight is 175 g/mol. The maximum Gasteiger partial charge on any atom is 0.302 e. The van der Waals surface area contributed by atoms with Crippen molar-refractivity contribution >= 4 is 5.97 Å². The van der Waals surface area contributed by atoms with Crippen LogP contribution in [0.5, 0.6) is 0 Å². The molecule has 3 heteroatoms. The van der Waals surface area contributed by atoms with Crippen molar-refractivity contribution in [3.63, 3.8) is 0 Å². The van der Waals surface area contributed by atoms with Crippen molar-refractivity contribution in [1.82, 2.24) is 0 Å². The molecule has 0 bridgehead atoms. The maximum atomic E-state index is 9.59. The van der Waals surface area contributed by atoms with Gasteiger partial charge >= 0.3 is 5.97 Å². The van der Waals surface area contributed by atoms with Gasteiger partial charge < -0.3 is 4.74 Å². The van der Waals surface area contributed by atoms with Crippen LogP contribution in [0.4, 0.5) is 0 Å². The minimum Gasteiger partial charge on any atom is -0.469 e. The topological polar surface area (TPSA) is 26.3 Å². The quantitative estimate of drug-likeness (QED) is 0.387. The third-order valence-corrected chi connectivity index (χ3v) is 0.287. The van der Waals surface area contributed by atoms with Gasteiger partial charge in [0.2, 0.25) is 0 Å². The molecule has 0 rings (SSSR count). The Morgan fingerprint density at radius 3 is 1.83 bits per heavy atom. The molecule has 0 aliphatic rings. The molecule has 0 heterocycles. The SMILES string of the molecule is COC(C)=O.[Ru]. The van der Waals surface area contributed by atoms with Gasteiger partial charge in [0.05, 0.1) is 7.11 Å². The smallest absolute Gasteiger partial charge is 0.302 e. The van der Waals surface area contributed by atoms with Crippen LogP contribution in [0.25, 0.3) is 0 Å². The van der Waals surface area contributed by atoms with Crippen molar-refractivity contribution in [3.8, 4) is 0 Å². The second-order valence-electron chi connectivity index (χ2n) is 0.696. The molecule has 38 valence electrons. The van der Waals surface area contributed by atoms with Crippen molar-refractivity contribution < 1.29 is 29.0 Å². The molecule has 0 aromatic heterocycles. The molecule has 0 aromatic rings. The van der Waals surface area contributed by atoms with Crippen LogP contribution < -0.4 is 0 Å². The average Bonchev–Trinajstić information content (AvgIpc) is 1.38. The molecule has 0 unspecified atom stereocenters. The van der Waals surface area contributed by atoms with Crippen molar-refractivity contribution in [2.24, 2.45) is 0 Å². The summed E-state index contributed by atoms with van der Waals surface area (Å²) in [5.74, 6) is -0.245. The van der Waals surface area contributed by atoms with Gasteiger partial charge in [0.1, 0.15) is 0 Å². The first-order valence-corrected chi connectivity index (χ1v) is 1.32. The summed E-state index contributed by atoms with van der Waals surface area (Å²) in [6.07, 6.45) is 0. The molecule has 6 heavy (non-hydrogen) atoms. The van der Waals surface area contributed by atoms with E-state index in [0.29, 0.717) is 0 Å². The zero-order chi connectivity index (χ0) is 4.28. The predicted molar refractivity (Wildman–Crippen MR) is 17.7 cm³/mol. The van der Waals surface area contributed by atoms with Crippen LogP contribution in [0.3, 0.4) is 0 Å². The van der Waals surface area contributed by atoms with Crippen LogP contribution in [0, 0.1) is 0 Å². The summed E-state index contributed by atoms with van der Waals surface area (Å²) in [4.78, 5) is 9.59. The Kier molecular flexibility index (Phi) is 8.01. The number of hydrogen-bond acceptors (Lipinski definition) is 2. The minimum absolute atomic E-state index is 0. The molecule has 2 nitrogen and oxygen atoms in total. The van der Waals surface area contributed by atoms with E-state index in [1.807, 2.05) is 0 Å². The number of esters is 1. The Hall–Kier alpha value is 0.0934. The Bertz CT molecular complexity index is 44.1. The van der Waals surface area contributed by atoms with Crippen LogP contribution in [0.1, 0.15) is 6.92 Å². The van der Waals surface area contributed by atoms with Gasteiger partial charge in [-0.1, -0.05) is 0 Å². The Morgan fingerprint density at radius 1 is 1.67 bits per heavy atom. The monoisotopic (exact) mass is 176 g/mol. The molecule has 0 amide bonds. The number of carbonyl (C=O) groups is 1. The van der Waals surface area contributed by atoms with Gasteiger partial charge in [-0.15, -0.1) is 0 Å². The van der Waals surface area contributed by atoms with E-state index >= 15 is 0 Å². The first-order valence-electron chi connectivity index (χ1n) is 1.32. The number of methoxy groups -OCH3 is 1. The second kappa shape index (κ2) is 5.09. The fourth-order valence-electron chi connectivity index (χ4n) is 0. The summed E-state index contributed by atoms with van der Waals surface area (Å²) in [6.45, 7) is 1.36. The van der Waals surface area contributed by atoms with E-state index in [1.165, 1.54) is 14.0 Å². The molecule has 0 aromatic carbocycles. The van der Waals surface area contributed by atoms with Gasteiger partial charge in [0.25, 0.3) is 0 Å². The van der Waals surface area contributed by atoms with E-state index in [2.05, 4.69) is 4.74 Å². The summed E-state index contributed by atoms with van der Waals surface area (Å²) in [5.41, 5.74) is 0. The molecule has 0 saturated carbocycles. The van der Waals surface area contributed by atoms with Crippen molar-refractivity contribution in [2.75, 3.05) is 7.11 Å². The van der Waals surface area contributed by atoms with Gasteiger partial charge in [0.15, 0.2) is 0 Å². The molecular formula is C3H6O2Ru. The molecule has 0 atom stereocenters. The molecule has 0 aliphatic heterocycles. The summed E-state index contributed by atoms with van der Waals surface area (Å²) in [6, 6.07) is 0. The number of hydrogen-bond donors (Lipinski definition) is 0. The van der Waals surface area contributed by atoms with Crippen LogP contribution in [-0.4, -0.2) is 13.1 Å². The second-order valence-corrected chi connectivity index (χ2v) is 0.696. The maximum absolute atomic E-state index is 9.59. The zero-order valence-corrected chi connectivity index (χ0v) is 5.41. The summed E-state index contributed by atoms with van der Waals surface area (Å²) < 4.78 is 4.11. The third-order valence-electron chi connectivity index (χ3n) is 0.287. The van der Waals surface area contributed by atoms with E-state index in [9.17, 15) is 4.79 Å². The van der Waals surface area contributed by atoms with Crippen LogP contribution in [-0.2, 0) is 29.0 Å². The summed E-state index contributed by atoms with van der Waals surface area (Å²) in [7, 11) is 1.35. The summed E-state index contributed by atoms with van der Waals surface area (Å²) in [5, 5.41) is 0. The van der Waals surface area contributed by atoms with Gasteiger partial charge in [0, 0.05) is 26.4 Å². The van der Waals surface area contributed by atoms with Gasteiger partial charge in [-0.2, -0.15) is 0 Å². The van der Waals surface area contributed by atoms with E-state index in [1.54, 1.807) is 0 Å². The minimum atomic E-state index is -0.245. The van der Waals surface area contributed by atoms with E-state index in [0.717, 1.165) is 0 Å². The van der Waals surface area contributed by atoms with Crippen LogP contribution in [0.15, 0.2) is 0 Å². The molecule has 0 fully saturated rings. The molecule has 0 spiro atoms. The molecule has 0 saturated heterocycles. The molecule has 0 N–H and O–H groups in total. The van der Waals surface area contributed by atoms with Crippen molar-refractivity contribution in [2.45, 2.75) is 6.92 Å². The van der Waals surface area contributed by atoms with E-state index in [-0.39, 0.29) is 25.4 Å². The van der Waals surface area contributed by atoms with Crippen LogP contribution in [0.2, 0.25) is 0 Å². The first kappa shape index (κ1) is 9.43. The first-order chi connectivity index (χ1) is 2.27. The Morgan fingerprint density at radius 2 is 1.83 bits per heavy atom.